The quantitative estimate of drug-likeness (QED) is 0.501. The summed E-state index contributed by atoms with van der Waals surface area (Å²) in [5, 5.41) is 12.5. The molecule has 5 rings (SSSR count). The molecule has 0 saturated heterocycles. The molecular formula is C19H17N5OS2. The van der Waals surface area contributed by atoms with E-state index in [1.54, 1.807) is 29.2 Å². The van der Waals surface area contributed by atoms with Gasteiger partial charge in [0.25, 0.3) is 5.56 Å². The van der Waals surface area contributed by atoms with Crippen molar-refractivity contribution in [3.63, 3.8) is 0 Å². The SMILES string of the molecule is O=c1[nH]c(CCSc2nnc(-c3cccs3)n2C2CC2)nc2ccccc12. The third-order valence-electron chi connectivity index (χ3n) is 4.55. The number of thioether (sulfide) groups is 1. The lowest BCUT2D eigenvalue weighted by atomic mass is 10.2. The van der Waals surface area contributed by atoms with Crippen LogP contribution in [-0.4, -0.2) is 30.5 Å². The van der Waals surface area contributed by atoms with Crippen LogP contribution in [0.3, 0.4) is 0 Å². The summed E-state index contributed by atoms with van der Waals surface area (Å²) in [6.45, 7) is 0. The minimum Gasteiger partial charge on any atom is -0.310 e. The largest absolute Gasteiger partial charge is 0.310 e. The van der Waals surface area contributed by atoms with Crippen LogP contribution < -0.4 is 5.56 Å². The zero-order chi connectivity index (χ0) is 18.2. The Balaban J connectivity index is 1.35. The fourth-order valence-corrected chi connectivity index (χ4v) is 4.76. The van der Waals surface area contributed by atoms with Gasteiger partial charge >= 0.3 is 0 Å². The van der Waals surface area contributed by atoms with Crippen molar-refractivity contribution in [2.75, 3.05) is 5.75 Å². The lowest BCUT2D eigenvalue weighted by Gasteiger charge is -2.07. The normalized spacial score (nSPS) is 14.1. The molecule has 8 heteroatoms. The highest BCUT2D eigenvalue weighted by atomic mass is 32.2. The first kappa shape index (κ1) is 16.7. The second-order valence-electron chi connectivity index (χ2n) is 6.51. The number of benzene rings is 1. The summed E-state index contributed by atoms with van der Waals surface area (Å²) in [4.78, 5) is 20.8. The Morgan fingerprint density at radius 1 is 1.19 bits per heavy atom. The van der Waals surface area contributed by atoms with Gasteiger partial charge in [-0.2, -0.15) is 0 Å². The molecule has 1 aliphatic carbocycles. The first-order chi connectivity index (χ1) is 13.3. The van der Waals surface area contributed by atoms with Crippen LogP contribution >= 0.6 is 23.1 Å². The monoisotopic (exact) mass is 395 g/mol. The molecule has 1 saturated carbocycles. The maximum Gasteiger partial charge on any atom is 0.258 e. The highest BCUT2D eigenvalue weighted by Gasteiger charge is 2.30. The van der Waals surface area contributed by atoms with Crippen molar-refractivity contribution in [2.24, 2.45) is 0 Å². The number of rotatable bonds is 6. The minimum atomic E-state index is -0.0817. The molecule has 3 aromatic heterocycles. The van der Waals surface area contributed by atoms with Crippen LogP contribution in [0.2, 0.25) is 0 Å². The standard InChI is InChI=1S/C19H17N5OS2/c25-18-13-4-1-2-5-14(13)20-16(21-18)9-11-27-19-23-22-17(15-6-3-10-26-15)24(19)12-7-8-12/h1-6,10,12H,7-9,11H2,(H,20,21,25). The molecule has 6 nitrogen and oxygen atoms in total. The maximum absolute atomic E-state index is 12.2. The van der Waals surface area contributed by atoms with Gasteiger partial charge in [-0.3, -0.25) is 9.36 Å². The fraction of sp³-hybridized carbons (Fsp3) is 0.263. The molecule has 0 amide bonds. The topological polar surface area (TPSA) is 76.5 Å². The summed E-state index contributed by atoms with van der Waals surface area (Å²) >= 11 is 3.36. The molecule has 1 aromatic carbocycles. The van der Waals surface area contributed by atoms with Crippen molar-refractivity contribution in [2.45, 2.75) is 30.5 Å². The van der Waals surface area contributed by atoms with Crippen LogP contribution in [0.15, 0.2) is 51.7 Å². The van der Waals surface area contributed by atoms with E-state index < -0.39 is 0 Å². The number of H-pyrrole nitrogens is 1. The van der Waals surface area contributed by atoms with Gasteiger partial charge in [-0.15, -0.1) is 21.5 Å². The van der Waals surface area contributed by atoms with Gasteiger partial charge in [0.15, 0.2) is 11.0 Å². The molecular weight excluding hydrogens is 378 g/mol. The molecule has 0 radical (unpaired) electrons. The van der Waals surface area contributed by atoms with E-state index >= 15 is 0 Å². The molecule has 0 bridgehead atoms. The number of aromatic amines is 1. The second kappa shape index (κ2) is 6.94. The van der Waals surface area contributed by atoms with Crippen LogP contribution in [0.25, 0.3) is 21.6 Å². The van der Waals surface area contributed by atoms with Gasteiger partial charge in [-0.25, -0.2) is 4.98 Å². The van der Waals surface area contributed by atoms with Crippen LogP contribution in [-0.2, 0) is 6.42 Å². The van der Waals surface area contributed by atoms with E-state index in [2.05, 4.69) is 36.2 Å². The number of para-hydroxylation sites is 1. The first-order valence-corrected chi connectivity index (χ1v) is 10.8. The zero-order valence-electron chi connectivity index (χ0n) is 14.5. The smallest absolute Gasteiger partial charge is 0.258 e. The van der Waals surface area contributed by atoms with Gasteiger partial charge in [0.05, 0.1) is 15.8 Å². The molecule has 1 fully saturated rings. The maximum atomic E-state index is 12.2. The average Bonchev–Trinajstić information content (AvgIpc) is 3.20. The van der Waals surface area contributed by atoms with Crippen molar-refractivity contribution in [1.29, 1.82) is 0 Å². The third-order valence-corrected chi connectivity index (χ3v) is 6.36. The van der Waals surface area contributed by atoms with Gasteiger partial charge in [0.1, 0.15) is 5.82 Å². The predicted octanol–water partition coefficient (Wildman–Crippen LogP) is 3.91. The predicted molar refractivity (Wildman–Crippen MR) is 108 cm³/mol. The van der Waals surface area contributed by atoms with Crippen molar-refractivity contribution in [1.82, 2.24) is 24.7 Å². The Bertz CT molecular complexity index is 1140. The van der Waals surface area contributed by atoms with E-state index in [1.807, 2.05) is 24.3 Å². The fourth-order valence-electron chi connectivity index (χ4n) is 3.10. The Hall–Kier alpha value is -2.45. The van der Waals surface area contributed by atoms with Gasteiger partial charge in [-0.05, 0) is 36.4 Å². The number of hydrogen-bond donors (Lipinski definition) is 1. The van der Waals surface area contributed by atoms with E-state index in [0.29, 0.717) is 23.7 Å². The molecule has 136 valence electrons. The Labute approximate surface area is 163 Å². The van der Waals surface area contributed by atoms with E-state index in [-0.39, 0.29) is 5.56 Å². The number of nitrogens with zero attached hydrogens (tertiary/aromatic N) is 4. The molecule has 3 heterocycles. The van der Waals surface area contributed by atoms with E-state index in [0.717, 1.165) is 27.1 Å². The molecule has 0 unspecified atom stereocenters. The number of aryl methyl sites for hydroxylation is 1. The van der Waals surface area contributed by atoms with Crippen molar-refractivity contribution < 1.29 is 0 Å². The summed E-state index contributed by atoms with van der Waals surface area (Å²) in [7, 11) is 0. The molecule has 1 N–H and O–H groups in total. The van der Waals surface area contributed by atoms with Gasteiger partial charge in [-0.1, -0.05) is 30.0 Å². The number of nitrogens with one attached hydrogen (secondary N) is 1. The second-order valence-corrected chi connectivity index (χ2v) is 8.52. The highest BCUT2D eigenvalue weighted by Crippen LogP contribution is 2.41. The van der Waals surface area contributed by atoms with Gasteiger partial charge < -0.3 is 4.98 Å². The number of hydrogen-bond acceptors (Lipinski definition) is 6. The summed E-state index contributed by atoms with van der Waals surface area (Å²) in [5.41, 5.74) is 0.657. The van der Waals surface area contributed by atoms with Crippen molar-refractivity contribution in [3.05, 3.63) is 58.0 Å². The third kappa shape index (κ3) is 3.30. The summed E-state index contributed by atoms with van der Waals surface area (Å²) < 4.78 is 2.27. The van der Waals surface area contributed by atoms with Crippen LogP contribution in [0.1, 0.15) is 24.7 Å². The molecule has 0 atom stereocenters. The number of fused-ring (bicyclic) bond motifs is 1. The van der Waals surface area contributed by atoms with Crippen LogP contribution in [0, 0.1) is 0 Å². The van der Waals surface area contributed by atoms with E-state index in [9.17, 15) is 4.79 Å². The lowest BCUT2D eigenvalue weighted by molar-refractivity contribution is 0.670. The number of thiophene rings is 1. The van der Waals surface area contributed by atoms with Gasteiger partial charge in [0, 0.05) is 18.2 Å². The van der Waals surface area contributed by atoms with Crippen LogP contribution in [0.5, 0.6) is 0 Å². The first-order valence-electron chi connectivity index (χ1n) is 8.89. The molecule has 0 spiro atoms. The van der Waals surface area contributed by atoms with Crippen molar-refractivity contribution in [3.8, 4) is 10.7 Å². The summed E-state index contributed by atoms with van der Waals surface area (Å²) in [5.74, 6) is 2.46. The Kier molecular flexibility index (Phi) is 4.29. The Morgan fingerprint density at radius 3 is 2.89 bits per heavy atom. The lowest BCUT2D eigenvalue weighted by Crippen LogP contribution is -2.12. The highest BCUT2D eigenvalue weighted by molar-refractivity contribution is 7.99. The minimum absolute atomic E-state index is 0.0817. The van der Waals surface area contributed by atoms with Gasteiger partial charge in [0.2, 0.25) is 0 Å². The molecule has 0 aliphatic heterocycles. The van der Waals surface area contributed by atoms with Crippen molar-refractivity contribution >= 4 is 34.0 Å². The molecule has 1 aliphatic rings. The summed E-state index contributed by atoms with van der Waals surface area (Å²) in [6.07, 6.45) is 3.05. The van der Waals surface area contributed by atoms with E-state index in [4.69, 9.17) is 0 Å². The summed E-state index contributed by atoms with van der Waals surface area (Å²) in [6, 6.07) is 12.1. The molecule has 4 aromatic rings. The number of aromatic nitrogens is 5. The molecule has 27 heavy (non-hydrogen) atoms. The van der Waals surface area contributed by atoms with Crippen LogP contribution in [0.4, 0.5) is 0 Å². The zero-order valence-corrected chi connectivity index (χ0v) is 16.1. The average molecular weight is 396 g/mol. The van der Waals surface area contributed by atoms with E-state index in [1.165, 1.54) is 12.8 Å². The Morgan fingerprint density at radius 2 is 2.07 bits per heavy atom.